The van der Waals surface area contributed by atoms with Gasteiger partial charge in [0.25, 0.3) is 5.91 Å². The fourth-order valence-corrected chi connectivity index (χ4v) is 4.36. The maximum absolute atomic E-state index is 12.5. The number of halogens is 1. The van der Waals surface area contributed by atoms with Crippen molar-refractivity contribution in [3.63, 3.8) is 0 Å². The molecule has 5 nitrogen and oxygen atoms in total. The Bertz CT molecular complexity index is 1250. The molecule has 4 rings (SSSR count). The van der Waals surface area contributed by atoms with Gasteiger partial charge in [-0.15, -0.1) is 0 Å². The molecule has 1 unspecified atom stereocenters. The Labute approximate surface area is 215 Å². The van der Waals surface area contributed by atoms with Crippen molar-refractivity contribution in [2.24, 2.45) is 0 Å². The summed E-state index contributed by atoms with van der Waals surface area (Å²) in [5.41, 5.74) is 4.08. The summed E-state index contributed by atoms with van der Waals surface area (Å²) in [6, 6.07) is 24.0. The lowest BCUT2D eigenvalue weighted by molar-refractivity contribution is 0.0954. The first kappa shape index (κ1) is 25.0. The number of ether oxygens (including phenoxy) is 1. The Kier molecular flexibility index (Phi) is 8.59. The first-order valence-electron chi connectivity index (χ1n) is 12.3. The van der Waals surface area contributed by atoms with Gasteiger partial charge in [0.2, 0.25) is 0 Å². The van der Waals surface area contributed by atoms with Crippen LogP contribution in [0.5, 0.6) is 5.75 Å². The molecule has 0 aliphatic carbocycles. The first-order valence-corrected chi connectivity index (χ1v) is 13.0. The molecule has 182 valence electrons. The van der Waals surface area contributed by atoms with E-state index >= 15 is 0 Å². The summed E-state index contributed by atoms with van der Waals surface area (Å²) in [7, 11) is 0. The average Bonchev–Trinajstić information content (AvgIpc) is 3.24. The lowest BCUT2D eigenvalue weighted by Gasteiger charge is -2.12. The lowest BCUT2D eigenvalue weighted by atomic mass is 9.99. The summed E-state index contributed by atoms with van der Waals surface area (Å²) in [5, 5.41) is 3.01. The zero-order valence-electron chi connectivity index (χ0n) is 20.3. The standard InChI is InChI=1S/C29H32BrN3O2/c1-3-21(2)22-11-15-25(16-12-22)35-20-6-19-33-27-8-5-4-7-26(27)32-28(33)17-18-31-29(34)23-9-13-24(30)14-10-23/h4-5,7-16,21H,3,6,17-20H2,1-2H3,(H,31,34). The SMILES string of the molecule is CCC(C)c1ccc(OCCCn2c(CCNC(=O)c3ccc(Br)cc3)nc3ccccc32)cc1. The Morgan fingerprint density at radius 1 is 1.06 bits per heavy atom. The molecular weight excluding hydrogens is 502 g/mol. The van der Waals surface area contributed by atoms with Gasteiger partial charge in [0, 0.05) is 29.5 Å². The van der Waals surface area contributed by atoms with Gasteiger partial charge in [0.15, 0.2) is 0 Å². The molecule has 1 amide bonds. The monoisotopic (exact) mass is 533 g/mol. The maximum Gasteiger partial charge on any atom is 0.251 e. The fourth-order valence-electron chi connectivity index (χ4n) is 4.10. The number of hydrogen-bond acceptors (Lipinski definition) is 3. The highest BCUT2D eigenvalue weighted by atomic mass is 79.9. The summed E-state index contributed by atoms with van der Waals surface area (Å²) < 4.78 is 9.20. The van der Waals surface area contributed by atoms with Crippen molar-refractivity contribution in [1.82, 2.24) is 14.9 Å². The highest BCUT2D eigenvalue weighted by Crippen LogP contribution is 2.22. The number of rotatable bonds is 11. The molecule has 0 saturated carbocycles. The molecule has 3 aromatic carbocycles. The van der Waals surface area contributed by atoms with E-state index in [9.17, 15) is 4.79 Å². The van der Waals surface area contributed by atoms with E-state index in [1.165, 1.54) is 5.56 Å². The molecule has 0 spiro atoms. The Balaban J connectivity index is 1.34. The predicted molar refractivity (Wildman–Crippen MR) is 145 cm³/mol. The second-order valence-electron chi connectivity index (χ2n) is 8.76. The number of para-hydroxylation sites is 2. The topological polar surface area (TPSA) is 56.1 Å². The molecule has 0 aliphatic rings. The third-order valence-corrected chi connectivity index (χ3v) is 6.86. The van der Waals surface area contributed by atoms with E-state index in [0.29, 0.717) is 31.1 Å². The fraction of sp³-hybridized carbons (Fsp3) is 0.310. The van der Waals surface area contributed by atoms with E-state index in [4.69, 9.17) is 9.72 Å². The smallest absolute Gasteiger partial charge is 0.251 e. The Morgan fingerprint density at radius 2 is 1.80 bits per heavy atom. The van der Waals surface area contributed by atoms with Crippen molar-refractivity contribution in [2.45, 2.75) is 45.6 Å². The second kappa shape index (κ2) is 12.0. The highest BCUT2D eigenvalue weighted by molar-refractivity contribution is 9.10. The Morgan fingerprint density at radius 3 is 2.54 bits per heavy atom. The number of nitrogens with one attached hydrogen (secondary N) is 1. The van der Waals surface area contributed by atoms with E-state index in [0.717, 1.165) is 46.5 Å². The van der Waals surface area contributed by atoms with E-state index in [1.54, 1.807) is 0 Å². The number of aryl methyl sites for hydroxylation is 1. The van der Waals surface area contributed by atoms with Crippen LogP contribution in [-0.4, -0.2) is 28.6 Å². The number of nitrogens with zero attached hydrogens (tertiary/aromatic N) is 2. The molecule has 1 heterocycles. The number of benzene rings is 3. The Hall–Kier alpha value is -3.12. The van der Waals surface area contributed by atoms with Crippen molar-refractivity contribution < 1.29 is 9.53 Å². The summed E-state index contributed by atoms with van der Waals surface area (Å²) in [4.78, 5) is 17.3. The third-order valence-electron chi connectivity index (χ3n) is 6.33. The number of amides is 1. The minimum atomic E-state index is -0.0760. The minimum Gasteiger partial charge on any atom is -0.494 e. The van der Waals surface area contributed by atoms with Crippen molar-refractivity contribution in [3.8, 4) is 5.75 Å². The quantitative estimate of drug-likeness (QED) is 0.217. The van der Waals surface area contributed by atoms with Crippen LogP contribution in [0.15, 0.2) is 77.3 Å². The van der Waals surface area contributed by atoms with Crippen LogP contribution in [0.2, 0.25) is 0 Å². The van der Waals surface area contributed by atoms with Gasteiger partial charge in [-0.2, -0.15) is 0 Å². The van der Waals surface area contributed by atoms with Gasteiger partial charge >= 0.3 is 0 Å². The number of imidazole rings is 1. The van der Waals surface area contributed by atoms with Crippen molar-refractivity contribution in [1.29, 1.82) is 0 Å². The second-order valence-corrected chi connectivity index (χ2v) is 9.68. The number of carbonyl (C=O) groups excluding carboxylic acids is 1. The van der Waals surface area contributed by atoms with Gasteiger partial charge in [-0.3, -0.25) is 4.79 Å². The summed E-state index contributed by atoms with van der Waals surface area (Å²) >= 11 is 3.40. The van der Waals surface area contributed by atoms with Gasteiger partial charge in [-0.1, -0.05) is 54.0 Å². The normalized spacial score (nSPS) is 12.0. The van der Waals surface area contributed by atoms with E-state index in [1.807, 2.05) is 42.5 Å². The van der Waals surface area contributed by atoms with Crippen LogP contribution in [-0.2, 0) is 13.0 Å². The largest absolute Gasteiger partial charge is 0.494 e. The molecule has 0 radical (unpaired) electrons. The molecule has 0 bridgehead atoms. The van der Waals surface area contributed by atoms with Crippen LogP contribution in [0.1, 0.15) is 54.4 Å². The average molecular weight is 534 g/mol. The van der Waals surface area contributed by atoms with Gasteiger partial charge in [-0.25, -0.2) is 4.98 Å². The molecular formula is C29H32BrN3O2. The summed E-state index contributed by atoms with van der Waals surface area (Å²) in [5.74, 6) is 2.37. The molecule has 4 aromatic rings. The first-order chi connectivity index (χ1) is 17.0. The van der Waals surface area contributed by atoms with Crippen LogP contribution < -0.4 is 10.1 Å². The van der Waals surface area contributed by atoms with E-state index < -0.39 is 0 Å². The predicted octanol–water partition coefficient (Wildman–Crippen LogP) is 6.75. The van der Waals surface area contributed by atoms with Crippen LogP contribution >= 0.6 is 15.9 Å². The molecule has 0 saturated heterocycles. The lowest BCUT2D eigenvalue weighted by Crippen LogP contribution is -2.26. The molecule has 1 atom stereocenters. The number of hydrogen-bond donors (Lipinski definition) is 1. The van der Waals surface area contributed by atoms with Crippen molar-refractivity contribution >= 4 is 32.9 Å². The van der Waals surface area contributed by atoms with E-state index in [-0.39, 0.29) is 5.91 Å². The highest BCUT2D eigenvalue weighted by Gasteiger charge is 2.12. The summed E-state index contributed by atoms with van der Waals surface area (Å²) in [6.07, 6.45) is 2.66. The molecule has 1 N–H and O–H groups in total. The van der Waals surface area contributed by atoms with Gasteiger partial charge in [0.1, 0.15) is 11.6 Å². The molecule has 0 fully saturated rings. The number of carbonyl (C=O) groups is 1. The van der Waals surface area contributed by atoms with Crippen LogP contribution in [0, 0.1) is 0 Å². The molecule has 6 heteroatoms. The zero-order valence-corrected chi connectivity index (χ0v) is 21.9. The van der Waals surface area contributed by atoms with Crippen LogP contribution in [0.3, 0.4) is 0 Å². The van der Waals surface area contributed by atoms with Crippen molar-refractivity contribution in [3.05, 3.63) is 94.2 Å². The maximum atomic E-state index is 12.5. The summed E-state index contributed by atoms with van der Waals surface area (Å²) in [6.45, 7) is 6.42. The van der Waals surface area contributed by atoms with Crippen LogP contribution in [0.4, 0.5) is 0 Å². The molecule has 0 aliphatic heterocycles. The van der Waals surface area contributed by atoms with Crippen molar-refractivity contribution in [2.75, 3.05) is 13.2 Å². The molecule has 1 aromatic heterocycles. The zero-order chi connectivity index (χ0) is 24.6. The number of fused-ring (bicyclic) bond motifs is 1. The minimum absolute atomic E-state index is 0.0760. The van der Waals surface area contributed by atoms with Gasteiger partial charge in [-0.05, 0) is 72.9 Å². The van der Waals surface area contributed by atoms with Gasteiger partial charge < -0.3 is 14.6 Å². The van der Waals surface area contributed by atoms with Gasteiger partial charge in [0.05, 0.1) is 17.6 Å². The van der Waals surface area contributed by atoms with E-state index in [2.05, 4.69) is 70.0 Å². The number of aromatic nitrogens is 2. The molecule has 35 heavy (non-hydrogen) atoms. The third kappa shape index (κ3) is 6.51. The van der Waals surface area contributed by atoms with Crippen LogP contribution in [0.25, 0.3) is 11.0 Å².